The summed E-state index contributed by atoms with van der Waals surface area (Å²) in [5.74, 6) is -3.82. The van der Waals surface area contributed by atoms with E-state index in [1.54, 1.807) is 31.5 Å². The molecule has 6 rings (SSSR count). The second-order valence-corrected chi connectivity index (χ2v) is 11.9. The van der Waals surface area contributed by atoms with Gasteiger partial charge in [0.1, 0.15) is 29.2 Å². The first-order chi connectivity index (χ1) is 23.2. The van der Waals surface area contributed by atoms with Gasteiger partial charge in [-0.3, -0.25) is 9.69 Å². The Hall–Kier alpha value is -5.12. The fourth-order valence-electron chi connectivity index (χ4n) is 5.96. The first-order valence-corrected chi connectivity index (χ1v) is 15.7. The summed E-state index contributed by atoms with van der Waals surface area (Å²) in [5.41, 5.74) is 1.99. The topological polar surface area (TPSA) is 153 Å². The molecule has 250 valence electrons. The van der Waals surface area contributed by atoms with E-state index in [1.807, 2.05) is 18.2 Å². The lowest BCUT2D eigenvalue weighted by Gasteiger charge is -2.43. The number of anilines is 3. The van der Waals surface area contributed by atoms with Crippen molar-refractivity contribution in [3.63, 3.8) is 0 Å². The number of likely N-dealkylation sites (tertiary alicyclic amines) is 1. The molecule has 3 aliphatic rings. The number of benzene rings is 1. The molecule has 2 atom stereocenters. The van der Waals surface area contributed by atoms with Crippen LogP contribution in [0.2, 0.25) is 0 Å². The Kier molecular flexibility index (Phi) is 9.52. The van der Waals surface area contributed by atoms with Gasteiger partial charge < -0.3 is 29.3 Å². The van der Waals surface area contributed by atoms with Crippen LogP contribution in [-0.4, -0.2) is 108 Å². The zero-order valence-corrected chi connectivity index (χ0v) is 26.6. The molecule has 0 spiro atoms. The highest BCUT2D eigenvalue weighted by Crippen LogP contribution is 2.35. The number of nitrogens with one attached hydrogen (secondary N) is 1. The molecule has 1 amide bonds. The Labute approximate surface area is 276 Å². The molecule has 3 aliphatic heterocycles. The molecular weight excluding hydrogens is 624 g/mol. The lowest BCUT2D eigenvalue weighted by Crippen LogP contribution is -2.56. The number of carbonyl (C=O) groups is 1. The van der Waals surface area contributed by atoms with Crippen molar-refractivity contribution >= 4 is 23.4 Å². The third-order valence-electron chi connectivity index (χ3n) is 8.80. The van der Waals surface area contributed by atoms with Gasteiger partial charge in [0.2, 0.25) is 17.7 Å². The molecule has 0 bridgehead atoms. The van der Waals surface area contributed by atoms with Crippen LogP contribution < -0.4 is 19.7 Å². The number of nitrogens with zero attached hydrogens (tertiary/aromatic N) is 8. The molecule has 0 aliphatic carbocycles. The van der Waals surface area contributed by atoms with Crippen LogP contribution in [0.5, 0.6) is 11.6 Å². The maximum atomic E-state index is 15.0. The highest BCUT2D eigenvalue weighted by Gasteiger charge is 2.48. The molecule has 1 unspecified atom stereocenters. The smallest absolute Gasteiger partial charge is 0.301 e. The molecular formula is C33H35F2N9O4. The maximum absolute atomic E-state index is 15.0. The summed E-state index contributed by atoms with van der Waals surface area (Å²) in [6.45, 7) is 5.71. The Balaban J connectivity index is 1.12. The summed E-state index contributed by atoms with van der Waals surface area (Å²) < 4.78 is 46.7. The fraction of sp³-hybridized carbons (Fsp3) is 0.455. The first kappa shape index (κ1) is 32.8. The number of alkyl halides is 2. The number of rotatable bonds is 9. The van der Waals surface area contributed by atoms with Crippen molar-refractivity contribution in [3.05, 3.63) is 48.2 Å². The summed E-state index contributed by atoms with van der Waals surface area (Å²) in [7, 11) is 1.58. The molecule has 3 saturated heterocycles. The van der Waals surface area contributed by atoms with Crippen LogP contribution in [0.25, 0.3) is 11.3 Å². The molecule has 0 radical (unpaired) electrons. The Bertz CT molecular complexity index is 1730. The number of methoxy groups -OCH3 is 1. The summed E-state index contributed by atoms with van der Waals surface area (Å²) in [4.78, 5) is 31.5. The lowest BCUT2D eigenvalue weighted by atomic mass is 10.0. The van der Waals surface area contributed by atoms with Crippen LogP contribution in [-0.2, 0) is 9.53 Å². The van der Waals surface area contributed by atoms with E-state index < -0.39 is 30.4 Å². The molecule has 5 heterocycles. The Morgan fingerprint density at radius 1 is 1.10 bits per heavy atom. The molecule has 15 heteroatoms. The van der Waals surface area contributed by atoms with E-state index in [0.29, 0.717) is 29.0 Å². The van der Waals surface area contributed by atoms with E-state index in [0.717, 1.165) is 50.0 Å². The van der Waals surface area contributed by atoms with Crippen LogP contribution in [0, 0.1) is 28.6 Å². The molecule has 3 fully saturated rings. The Morgan fingerprint density at radius 3 is 2.56 bits per heavy atom. The number of nitriles is 2. The Morgan fingerprint density at radius 2 is 1.90 bits per heavy atom. The summed E-state index contributed by atoms with van der Waals surface area (Å²) in [6, 6.07) is 14.4. The minimum Gasteiger partial charge on any atom is -0.483 e. The number of piperazine rings is 1. The molecule has 0 saturated carbocycles. The van der Waals surface area contributed by atoms with Gasteiger partial charge >= 0.3 is 5.92 Å². The second kappa shape index (κ2) is 13.9. The normalized spacial score (nSPS) is 20.2. The highest BCUT2D eigenvalue weighted by molar-refractivity contribution is 5.81. The number of piperidine rings is 1. The molecule has 3 aromatic rings. The molecule has 1 aromatic carbocycles. The zero-order chi connectivity index (χ0) is 33.8. The number of hydrogen-bond donors (Lipinski definition) is 1. The second-order valence-electron chi connectivity index (χ2n) is 11.9. The summed E-state index contributed by atoms with van der Waals surface area (Å²) in [6.07, 6.45) is -0.145. The van der Waals surface area contributed by atoms with Gasteiger partial charge in [-0.25, -0.2) is 18.7 Å². The van der Waals surface area contributed by atoms with Gasteiger partial charge in [0, 0.05) is 50.9 Å². The van der Waals surface area contributed by atoms with E-state index in [9.17, 15) is 10.1 Å². The van der Waals surface area contributed by atoms with Crippen LogP contribution >= 0.6 is 0 Å². The quantitative estimate of drug-likeness (QED) is 0.358. The lowest BCUT2D eigenvalue weighted by molar-refractivity contribution is -0.161. The van der Waals surface area contributed by atoms with Gasteiger partial charge in [-0.05, 0) is 43.3 Å². The maximum Gasteiger partial charge on any atom is 0.301 e. The molecule has 2 aromatic heterocycles. The minimum absolute atomic E-state index is 0.00153. The average molecular weight is 660 g/mol. The fourth-order valence-corrected chi connectivity index (χ4v) is 5.96. The van der Waals surface area contributed by atoms with Gasteiger partial charge in [0.05, 0.1) is 50.2 Å². The van der Waals surface area contributed by atoms with Gasteiger partial charge in [-0.2, -0.15) is 15.5 Å². The number of ether oxygens (including phenoxy) is 3. The van der Waals surface area contributed by atoms with Gasteiger partial charge in [0.15, 0.2) is 6.10 Å². The van der Waals surface area contributed by atoms with E-state index >= 15 is 8.78 Å². The van der Waals surface area contributed by atoms with Crippen molar-refractivity contribution in [3.8, 4) is 35.0 Å². The predicted molar refractivity (Wildman–Crippen MR) is 170 cm³/mol. The SMILES string of the molecule is COc1nc(Nc2nccc(-c3ccc(OC4CCN(C(=O)[C@@H](C)C#N)CC4(F)F)c(C#N)c3)n2)ccc1N1CCN(C2COC2)CC1. The van der Waals surface area contributed by atoms with Crippen molar-refractivity contribution in [2.75, 3.05) is 69.8 Å². The number of hydrogen-bond acceptors (Lipinski definition) is 12. The van der Waals surface area contributed by atoms with E-state index in [2.05, 4.69) is 30.1 Å². The highest BCUT2D eigenvalue weighted by atomic mass is 19.3. The van der Waals surface area contributed by atoms with Crippen LogP contribution in [0.3, 0.4) is 0 Å². The van der Waals surface area contributed by atoms with E-state index in [1.165, 1.54) is 19.1 Å². The van der Waals surface area contributed by atoms with E-state index in [4.69, 9.17) is 19.5 Å². The van der Waals surface area contributed by atoms with Crippen molar-refractivity contribution in [2.45, 2.75) is 31.4 Å². The van der Waals surface area contributed by atoms with Crippen molar-refractivity contribution in [1.29, 1.82) is 10.5 Å². The molecule has 48 heavy (non-hydrogen) atoms. The first-order valence-electron chi connectivity index (χ1n) is 15.7. The number of aromatic nitrogens is 3. The van der Waals surface area contributed by atoms with E-state index in [-0.39, 0.29) is 30.2 Å². The van der Waals surface area contributed by atoms with Gasteiger partial charge in [-0.15, -0.1) is 0 Å². The largest absolute Gasteiger partial charge is 0.483 e. The number of halogens is 2. The van der Waals surface area contributed by atoms with Crippen molar-refractivity contribution in [2.24, 2.45) is 5.92 Å². The average Bonchev–Trinajstić information content (AvgIpc) is 3.08. The molecule has 1 N–H and O–H groups in total. The molecule has 13 nitrogen and oxygen atoms in total. The predicted octanol–water partition coefficient (Wildman–Crippen LogP) is 3.46. The van der Waals surface area contributed by atoms with Gasteiger partial charge in [-0.1, -0.05) is 0 Å². The zero-order valence-electron chi connectivity index (χ0n) is 26.6. The third-order valence-corrected chi connectivity index (χ3v) is 8.80. The standard InChI is InChI=1S/C33H35F2N9O4/c1-21(16-36)31(45)44-10-8-28(33(34,35)20-44)48-27-5-3-22(15-23(27)17-37)25-7-9-38-32(39-25)41-29-6-4-26(30(40-29)46-2)43-13-11-42(12-14-43)24-18-47-19-24/h3-7,9,15,21,24,28H,8,10-14,18-20H2,1-2H3,(H,38,39,40,41)/t21-,28?/m0/s1. The van der Waals surface area contributed by atoms with Crippen molar-refractivity contribution < 1.29 is 27.8 Å². The van der Waals surface area contributed by atoms with Crippen LogP contribution in [0.15, 0.2) is 42.6 Å². The van der Waals surface area contributed by atoms with Gasteiger partial charge in [0.25, 0.3) is 0 Å². The monoisotopic (exact) mass is 659 g/mol. The number of pyridine rings is 1. The number of carbonyl (C=O) groups excluding carboxylic acids is 1. The van der Waals surface area contributed by atoms with Crippen LogP contribution in [0.4, 0.5) is 26.2 Å². The third kappa shape index (κ3) is 6.93. The minimum atomic E-state index is -3.38. The van der Waals surface area contributed by atoms with Crippen LogP contribution in [0.1, 0.15) is 18.9 Å². The summed E-state index contributed by atoms with van der Waals surface area (Å²) in [5, 5.41) is 21.9. The number of amides is 1. The summed E-state index contributed by atoms with van der Waals surface area (Å²) >= 11 is 0. The van der Waals surface area contributed by atoms with Crippen molar-refractivity contribution in [1.82, 2.24) is 24.8 Å².